The molecule has 0 saturated carbocycles. The van der Waals surface area contributed by atoms with Crippen molar-refractivity contribution in [2.24, 2.45) is 5.92 Å². The lowest BCUT2D eigenvalue weighted by Crippen LogP contribution is -2.28. The molecule has 0 heterocycles. The summed E-state index contributed by atoms with van der Waals surface area (Å²) in [6.07, 6.45) is 0.297. The topological polar surface area (TPSA) is 73.9 Å². The molecule has 1 aromatic rings. The van der Waals surface area contributed by atoms with Gasteiger partial charge in [0.1, 0.15) is 5.75 Å². The number of ether oxygens (including phenoxy) is 3. The number of nitrogens with one attached hydrogen (secondary N) is 1. The fourth-order valence-corrected chi connectivity index (χ4v) is 1.69. The van der Waals surface area contributed by atoms with Gasteiger partial charge in [0.05, 0.1) is 21.3 Å². The molecule has 6 heteroatoms. The predicted octanol–water partition coefficient (Wildman–Crippen LogP) is 1.46. The van der Waals surface area contributed by atoms with Crippen LogP contribution < -0.4 is 10.1 Å². The first-order chi connectivity index (χ1) is 9.62. The first-order valence-electron chi connectivity index (χ1n) is 6.16. The third-order valence-electron chi connectivity index (χ3n) is 2.82. The highest BCUT2D eigenvalue weighted by Gasteiger charge is 2.27. The second kappa shape index (κ2) is 8.04. The van der Waals surface area contributed by atoms with Crippen LogP contribution in [0.1, 0.15) is 6.42 Å². The van der Waals surface area contributed by atoms with Crippen molar-refractivity contribution in [2.45, 2.75) is 6.42 Å². The number of carbonyl (C=O) groups is 2. The number of anilines is 1. The van der Waals surface area contributed by atoms with Crippen LogP contribution in [0.4, 0.5) is 5.69 Å². The quantitative estimate of drug-likeness (QED) is 0.602. The fourth-order valence-electron chi connectivity index (χ4n) is 1.69. The summed E-state index contributed by atoms with van der Waals surface area (Å²) in [6, 6.07) is 7.34. The van der Waals surface area contributed by atoms with Crippen LogP contribution in [0.15, 0.2) is 24.3 Å². The van der Waals surface area contributed by atoms with Gasteiger partial charge in [-0.25, -0.2) is 0 Å². The van der Waals surface area contributed by atoms with E-state index in [1.165, 1.54) is 14.2 Å². The molecule has 0 radical (unpaired) electrons. The van der Waals surface area contributed by atoms with Gasteiger partial charge in [0.15, 0.2) is 5.92 Å². The maximum Gasteiger partial charge on any atom is 0.320 e. The molecule has 0 aliphatic rings. The zero-order valence-corrected chi connectivity index (χ0v) is 11.8. The van der Waals surface area contributed by atoms with Crippen LogP contribution in [0.5, 0.6) is 5.75 Å². The number of carbonyl (C=O) groups excluding carboxylic acids is 2. The molecule has 110 valence electrons. The average molecular weight is 281 g/mol. The molecule has 0 saturated heterocycles. The molecular weight excluding hydrogens is 262 g/mol. The first kappa shape index (κ1) is 15.8. The van der Waals surface area contributed by atoms with Crippen molar-refractivity contribution in [2.75, 3.05) is 33.2 Å². The highest BCUT2D eigenvalue weighted by atomic mass is 16.5. The third-order valence-corrected chi connectivity index (χ3v) is 2.82. The Morgan fingerprint density at radius 1 is 1.05 bits per heavy atom. The van der Waals surface area contributed by atoms with E-state index < -0.39 is 17.9 Å². The van der Waals surface area contributed by atoms with E-state index in [2.05, 4.69) is 14.8 Å². The van der Waals surface area contributed by atoms with Crippen molar-refractivity contribution in [3.8, 4) is 5.75 Å². The highest BCUT2D eigenvalue weighted by Crippen LogP contribution is 2.15. The van der Waals surface area contributed by atoms with E-state index in [1.807, 2.05) is 24.3 Å². The van der Waals surface area contributed by atoms with Gasteiger partial charge in [-0.1, -0.05) is 0 Å². The number of benzene rings is 1. The summed E-state index contributed by atoms with van der Waals surface area (Å²) in [7, 11) is 4.09. The number of hydrogen-bond acceptors (Lipinski definition) is 6. The van der Waals surface area contributed by atoms with Gasteiger partial charge < -0.3 is 19.5 Å². The number of methoxy groups -OCH3 is 3. The lowest BCUT2D eigenvalue weighted by atomic mass is 10.1. The van der Waals surface area contributed by atoms with Crippen molar-refractivity contribution in [1.82, 2.24) is 0 Å². The van der Waals surface area contributed by atoms with Gasteiger partial charge in [-0.05, 0) is 30.7 Å². The maximum absolute atomic E-state index is 11.5. The number of hydrogen-bond donors (Lipinski definition) is 1. The normalized spacial score (nSPS) is 10.0. The van der Waals surface area contributed by atoms with Gasteiger partial charge in [0, 0.05) is 12.2 Å². The lowest BCUT2D eigenvalue weighted by molar-refractivity contribution is -0.158. The Bertz CT molecular complexity index is 427. The molecule has 0 aliphatic carbocycles. The molecular formula is C14H19NO5. The van der Waals surface area contributed by atoms with E-state index in [0.717, 1.165) is 11.4 Å². The first-order valence-corrected chi connectivity index (χ1v) is 6.16. The molecule has 0 fully saturated rings. The van der Waals surface area contributed by atoms with Gasteiger partial charge in [-0.2, -0.15) is 0 Å². The van der Waals surface area contributed by atoms with Crippen LogP contribution in [0.25, 0.3) is 0 Å². The second-order valence-corrected chi connectivity index (χ2v) is 4.04. The van der Waals surface area contributed by atoms with E-state index in [1.54, 1.807) is 7.11 Å². The summed E-state index contributed by atoms with van der Waals surface area (Å²) in [6.45, 7) is 0.446. The smallest absolute Gasteiger partial charge is 0.320 e. The minimum absolute atomic E-state index is 0.297. The van der Waals surface area contributed by atoms with Crippen molar-refractivity contribution >= 4 is 17.6 Å². The SMILES string of the molecule is COC(=O)C(CCNc1ccc(OC)cc1)C(=O)OC. The molecule has 1 rings (SSSR count). The van der Waals surface area contributed by atoms with E-state index in [0.29, 0.717) is 13.0 Å². The summed E-state index contributed by atoms with van der Waals surface area (Å²) in [4.78, 5) is 22.9. The van der Waals surface area contributed by atoms with E-state index in [-0.39, 0.29) is 0 Å². The summed E-state index contributed by atoms with van der Waals surface area (Å²) in [5, 5.41) is 3.11. The average Bonchev–Trinajstić information content (AvgIpc) is 2.50. The fraction of sp³-hybridized carbons (Fsp3) is 0.429. The summed E-state index contributed by atoms with van der Waals surface area (Å²) >= 11 is 0. The van der Waals surface area contributed by atoms with Crippen LogP contribution in [0.3, 0.4) is 0 Å². The predicted molar refractivity (Wildman–Crippen MR) is 73.6 cm³/mol. The zero-order valence-electron chi connectivity index (χ0n) is 11.8. The molecule has 1 N–H and O–H groups in total. The number of esters is 2. The molecule has 1 aromatic carbocycles. The molecule has 20 heavy (non-hydrogen) atoms. The molecule has 0 aromatic heterocycles. The molecule has 0 bridgehead atoms. The minimum atomic E-state index is -0.907. The highest BCUT2D eigenvalue weighted by molar-refractivity contribution is 5.94. The summed E-state index contributed by atoms with van der Waals surface area (Å²) in [5.41, 5.74) is 0.874. The van der Waals surface area contributed by atoms with Crippen molar-refractivity contribution < 1.29 is 23.8 Å². The lowest BCUT2D eigenvalue weighted by Gasteiger charge is -2.13. The molecule has 0 unspecified atom stereocenters. The largest absolute Gasteiger partial charge is 0.497 e. The van der Waals surface area contributed by atoms with Crippen LogP contribution in [0.2, 0.25) is 0 Å². The van der Waals surface area contributed by atoms with Crippen molar-refractivity contribution in [3.63, 3.8) is 0 Å². The molecule has 0 atom stereocenters. The maximum atomic E-state index is 11.5. The number of rotatable bonds is 7. The molecule has 0 spiro atoms. The van der Waals surface area contributed by atoms with Crippen molar-refractivity contribution in [1.29, 1.82) is 0 Å². The molecule has 6 nitrogen and oxygen atoms in total. The standard InChI is InChI=1S/C14H19NO5/c1-18-11-6-4-10(5-7-11)15-9-8-12(13(16)19-2)14(17)20-3/h4-7,12,15H,8-9H2,1-3H3. The molecule has 0 aliphatic heterocycles. The van der Waals surface area contributed by atoms with Gasteiger partial charge in [0.25, 0.3) is 0 Å². The summed E-state index contributed by atoms with van der Waals surface area (Å²) in [5.74, 6) is -1.32. The van der Waals surface area contributed by atoms with Crippen LogP contribution >= 0.6 is 0 Å². The molecule has 0 amide bonds. The Morgan fingerprint density at radius 3 is 2.05 bits per heavy atom. The van der Waals surface area contributed by atoms with Gasteiger partial charge in [-0.15, -0.1) is 0 Å². The van der Waals surface area contributed by atoms with Gasteiger partial charge in [-0.3, -0.25) is 9.59 Å². The zero-order chi connectivity index (χ0) is 15.0. The van der Waals surface area contributed by atoms with Crippen LogP contribution in [-0.4, -0.2) is 39.8 Å². The van der Waals surface area contributed by atoms with Crippen molar-refractivity contribution in [3.05, 3.63) is 24.3 Å². The van der Waals surface area contributed by atoms with E-state index in [9.17, 15) is 9.59 Å². The Hall–Kier alpha value is -2.24. The third kappa shape index (κ3) is 4.46. The van der Waals surface area contributed by atoms with Gasteiger partial charge in [0.2, 0.25) is 0 Å². The van der Waals surface area contributed by atoms with E-state index >= 15 is 0 Å². The Labute approximate surface area is 118 Å². The van der Waals surface area contributed by atoms with E-state index in [4.69, 9.17) is 4.74 Å². The minimum Gasteiger partial charge on any atom is -0.497 e. The second-order valence-electron chi connectivity index (χ2n) is 4.04. The Morgan fingerprint density at radius 2 is 1.60 bits per heavy atom. The summed E-state index contributed by atoms with van der Waals surface area (Å²) < 4.78 is 14.2. The van der Waals surface area contributed by atoms with Crippen LogP contribution in [0, 0.1) is 5.92 Å². The monoisotopic (exact) mass is 281 g/mol. The Kier molecular flexibility index (Phi) is 6.36. The Balaban J connectivity index is 2.50. The van der Waals surface area contributed by atoms with Crippen LogP contribution in [-0.2, 0) is 19.1 Å². The van der Waals surface area contributed by atoms with Gasteiger partial charge >= 0.3 is 11.9 Å².